The van der Waals surface area contributed by atoms with Gasteiger partial charge in [-0.05, 0) is 55.5 Å². The zero-order valence-electron chi connectivity index (χ0n) is 14.0. The van der Waals surface area contributed by atoms with Crippen molar-refractivity contribution in [3.8, 4) is 29.6 Å². The van der Waals surface area contributed by atoms with E-state index in [4.69, 9.17) is 11.2 Å². The molecule has 130 valence electrons. The Morgan fingerprint density at radius 3 is 2.31 bits per heavy atom. The summed E-state index contributed by atoms with van der Waals surface area (Å²) in [5, 5.41) is 9.82. The van der Waals surface area contributed by atoms with E-state index < -0.39 is 9.84 Å². The normalized spacial score (nSPS) is 10.9. The largest absolute Gasteiger partial charge is 0.507 e. The minimum Gasteiger partial charge on any atom is -0.507 e. The quantitative estimate of drug-likeness (QED) is 0.701. The van der Waals surface area contributed by atoms with Crippen molar-refractivity contribution in [3.05, 3.63) is 77.9 Å². The maximum atomic E-state index is 12.6. The van der Waals surface area contributed by atoms with Gasteiger partial charge in [-0.15, -0.1) is 6.42 Å². The Morgan fingerprint density at radius 1 is 0.962 bits per heavy atom. The van der Waals surface area contributed by atoms with Gasteiger partial charge in [-0.1, -0.05) is 24.1 Å². The molecule has 0 heterocycles. The van der Waals surface area contributed by atoms with Crippen LogP contribution in [0.2, 0.25) is 0 Å². The summed E-state index contributed by atoms with van der Waals surface area (Å²) in [5.74, 6) is 3.40. The maximum Gasteiger partial charge on any atom is 0.210 e. The molecule has 0 saturated carbocycles. The lowest BCUT2D eigenvalue weighted by Crippen LogP contribution is -2.02. The van der Waals surface area contributed by atoms with Crippen LogP contribution >= 0.6 is 0 Å². The second kappa shape index (κ2) is 6.95. The number of phenols is 1. The van der Waals surface area contributed by atoms with Gasteiger partial charge >= 0.3 is 0 Å². The summed E-state index contributed by atoms with van der Waals surface area (Å²) in [6.07, 6.45) is 5.46. The fraction of sp³-hybridized carbons (Fsp3) is 0.0476. The number of terminal acetylenes is 1. The minimum absolute atomic E-state index is 0.0699. The van der Waals surface area contributed by atoms with Crippen molar-refractivity contribution in [1.29, 1.82) is 0 Å². The van der Waals surface area contributed by atoms with Crippen molar-refractivity contribution in [3.63, 3.8) is 0 Å². The Kier molecular flexibility index (Phi) is 4.70. The molecule has 0 aromatic heterocycles. The van der Waals surface area contributed by atoms with Gasteiger partial charge in [0, 0.05) is 11.1 Å². The first kappa shape index (κ1) is 17.6. The number of rotatable bonds is 4. The van der Waals surface area contributed by atoms with E-state index in [9.17, 15) is 13.5 Å². The molecule has 0 fully saturated rings. The van der Waals surface area contributed by atoms with Crippen LogP contribution in [-0.2, 0) is 9.84 Å². The Balaban J connectivity index is 1.90. The number of hydrogen-bond acceptors (Lipinski definition) is 4. The maximum absolute atomic E-state index is 12.6. The highest BCUT2D eigenvalue weighted by Gasteiger charge is 2.21. The van der Waals surface area contributed by atoms with E-state index >= 15 is 0 Å². The molecule has 0 bridgehead atoms. The van der Waals surface area contributed by atoms with Gasteiger partial charge in [0.2, 0.25) is 9.84 Å². The van der Waals surface area contributed by atoms with Gasteiger partial charge in [0.05, 0.1) is 4.90 Å². The average Bonchev–Trinajstić information content (AvgIpc) is 2.64. The first-order valence-corrected chi connectivity index (χ1v) is 9.29. The molecule has 26 heavy (non-hydrogen) atoms. The highest BCUT2D eigenvalue weighted by Crippen LogP contribution is 2.31. The van der Waals surface area contributed by atoms with Crippen molar-refractivity contribution in [2.75, 3.05) is 0 Å². The molecule has 3 aromatic rings. The monoisotopic (exact) mass is 364 g/mol. The highest BCUT2D eigenvalue weighted by atomic mass is 32.2. The van der Waals surface area contributed by atoms with Gasteiger partial charge in [-0.25, -0.2) is 8.42 Å². The zero-order valence-corrected chi connectivity index (χ0v) is 14.8. The molecule has 0 unspecified atom stereocenters. The van der Waals surface area contributed by atoms with Gasteiger partial charge < -0.3 is 9.84 Å². The number of sulfone groups is 1. The Labute approximate surface area is 152 Å². The summed E-state index contributed by atoms with van der Waals surface area (Å²) in [7, 11) is -3.81. The van der Waals surface area contributed by atoms with E-state index in [1.165, 1.54) is 24.3 Å². The number of benzene rings is 3. The SMILES string of the molecule is C#Cc1cccc(Oc2ccc(S(=O)(=O)c3ccccc3O)cc2)c1C. The van der Waals surface area contributed by atoms with Crippen LogP contribution < -0.4 is 4.74 Å². The summed E-state index contributed by atoms with van der Waals surface area (Å²) in [4.78, 5) is -0.0633. The van der Waals surface area contributed by atoms with Crippen LogP contribution in [0.1, 0.15) is 11.1 Å². The van der Waals surface area contributed by atoms with E-state index in [0.717, 1.165) is 11.1 Å². The van der Waals surface area contributed by atoms with E-state index in [0.29, 0.717) is 11.5 Å². The minimum atomic E-state index is -3.81. The molecule has 5 heteroatoms. The van der Waals surface area contributed by atoms with Crippen LogP contribution in [0.5, 0.6) is 17.2 Å². The summed E-state index contributed by atoms with van der Waals surface area (Å²) in [6.45, 7) is 1.86. The summed E-state index contributed by atoms with van der Waals surface area (Å²) in [6, 6.07) is 17.3. The molecule has 1 N–H and O–H groups in total. The molecule has 0 radical (unpaired) electrons. The molecular formula is C21H16O4S. The second-order valence-electron chi connectivity index (χ2n) is 5.62. The molecule has 0 amide bonds. The van der Waals surface area contributed by atoms with E-state index in [2.05, 4.69) is 5.92 Å². The first-order valence-electron chi connectivity index (χ1n) is 7.80. The third kappa shape index (κ3) is 3.28. The van der Waals surface area contributed by atoms with Crippen molar-refractivity contribution in [2.24, 2.45) is 0 Å². The number of para-hydroxylation sites is 1. The molecule has 0 aliphatic carbocycles. The first-order chi connectivity index (χ1) is 12.4. The summed E-state index contributed by atoms with van der Waals surface area (Å²) >= 11 is 0. The van der Waals surface area contributed by atoms with Gasteiger partial charge in [0.25, 0.3) is 0 Å². The van der Waals surface area contributed by atoms with Gasteiger partial charge in [0.1, 0.15) is 22.1 Å². The number of aromatic hydroxyl groups is 1. The van der Waals surface area contributed by atoms with Crippen LogP contribution in [0.4, 0.5) is 0 Å². The number of phenolic OH excluding ortho intramolecular Hbond substituents is 1. The fourth-order valence-corrected chi connectivity index (χ4v) is 3.86. The van der Waals surface area contributed by atoms with Gasteiger partial charge in [-0.3, -0.25) is 0 Å². The fourth-order valence-electron chi connectivity index (χ4n) is 2.51. The third-order valence-electron chi connectivity index (χ3n) is 3.96. The van der Waals surface area contributed by atoms with Gasteiger partial charge in [-0.2, -0.15) is 0 Å². The third-order valence-corrected chi connectivity index (χ3v) is 5.77. The lowest BCUT2D eigenvalue weighted by Gasteiger charge is -2.11. The van der Waals surface area contributed by atoms with Crippen LogP contribution in [0.25, 0.3) is 0 Å². The average molecular weight is 364 g/mol. The van der Waals surface area contributed by atoms with Crippen LogP contribution in [0.3, 0.4) is 0 Å². The van der Waals surface area contributed by atoms with Crippen LogP contribution in [-0.4, -0.2) is 13.5 Å². The van der Waals surface area contributed by atoms with Crippen molar-refractivity contribution in [2.45, 2.75) is 16.7 Å². The molecular weight excluding hydrogens is 348 g/mol. The topological polar surface area (TPSA) is 63.6 Å². The Hall–Kier alpha value is -3.23. The number of ether oxygens (including phenoxy) is 1. The predicted octanol–water partition coefficient (Wildman–Crippen LogP) is 4.31. The van der Waals surface area contributed by atoms with Crippen LogP contribution in [0, 0.1) is 19.3 Å². The standard InChI is InChI=1S/C21H16O4S/c1-3-16-7-6-9-20(15(16)2)25-17-11-13-18(14-12-17)26(23,24)21-10-5-4-8-19(21)22/h1,4-14,22H,2H3. The van der Waals surface area contributed by atoms with E-state index in [1.54, 1.807) is 36.4 Å². The van der Waals surface area contributed by atoms with Crippen molar-refractivity contribution >= 4 is 9.84 Å². The zero-order chi connectivity index (χ0) is 18.7. The van der Waals surface area contributed by atoms with Crippen molar-refractivity contribution < 1.29 is 18.3 Å². The lowest BCUT2D eigenvalue weighted by atomic mass is 10.1. The molecule has 0 atom stereocenters. The highest BCUT2D eigenvalue weighted by molar-refractivity contribution is 7.91. The van der Waals surface area contributed by atoms with Crippen LogP contribution in [0.15, 0.2) is 76.5 Å². The second-order valence-corrected chi connectivity index (χ2v) is 7.54. The van der Waals surface area contributed by atoms with Gasteiger partial charge in [0.15, 0.2) is 0 Å². The van der Waals surface area contributed by atoms with Crippen molar-refractivity contribution in [1.82, 2.24) is 0 Å². The Morgan fingerprint density at radius 2 is 1.65 bits per heavy atom. The molecule has 0 spiro atoms. The summed E-state index contributed by atoms with van der Waals surface area (Å²) < 4.78 is 31.1. The Bertz CT molecular complexity index is 1090. The predicted molar refractivity (Wildman–Crippen MR) is 99.2 cm³/mol. The summed E-state index contributed by atoms with van der Waals surface area (Å²) in [5.41, 5.74) is 1.57. The smallest absolute Gasteiger partial charge is 0.210 e. The van der Waals surface area contributed by atoms with E-state index in [1.807, 2.05) is 13.0 Å². The molecule has 0 saturated heterocycles. The molecule has 3 aromatic carbocycles. The number of hydrogen-bond donors (Lipinski definition) is 1. The molecule has 0 aliphatic heterocycles. The van der Waals surface area contributed by atoms with E-state index in [-0.39, 0.29) is 15.5 Å². The molecule has 3 rings (SSSR count). The molecule has 4 nitrogen and oxygen atoms in total. The molecule has 0 aliphatic rings. The lowest BCUT2D eigenvalue weighted by molar-refractivity contribution is 0.458.